The van der Waals surface area contributed by atoms with Crippen LogP contribution < -0.4 is 0 Å². The molecule has 0 radical (unpaired) electrons. The van der Waals surface area contributed by atoms with Gasteiger partial charge in [0.05, 0.1) is 0 Å². The summed E-state index contributed by atoms with van der Waals surface area (Å²) in [6, 6.07) is 0. The Kier molecular flexibility index (Phi) is 4.54. The Labute approximate surface area is 99.5 Å². The molecule has 92 valence electrons. The van der Waals surface area contributed by atoms with E-state index in [1.807, 2.05) is 6.20 Å². The van der Waals surface area contributed by atoms with Crippen LogP contribution in [0.3, 0.4) is 0 Å². The molecule has 0 saturated heterocycles. The topological polar surface area (TPSA) is 21.1 Å². The number of hydrogen-bond acceptors (Lipinski definition) is 2. The maximum atomic E-state index is 4.46. The van der Waals surface area contributed by atoms with E-state index in [2.05, 4.69) is 55.3 Å². The number of imidazole rings is 1. The van der Waals surface area contributed by atoms with Crippen molar-refractivity contribution in [2.24, 2.45) is 0 Å². The van der Waals surface area contributed by atoms with Crippen molar-refractivity contribution in [1.82, 2.24) is 14.5 Å². The second-order valence-corrected chi connectivity index (χ2v) is 5.22. The summed E-state index contributed by atoms with van der Waals surface area (Å²) in [4.78, 5) is 6.90. The van der Waals surface area contributed by atoms with Gasteiger partial charge in [-0.25, -0.2) is 4.98 Å². The second-order valence-electron chi connectivity index (χ2n) is 5.22. The van der Waals surface area contributed by atoms with Crippen molar-refractivity contribution in [1.29, 1.82) is 0 Å². The van der Waals surface area contributed by atoms with Crippen LogP contribution in [0.25, 0.3) is 0 Å². The third-order valence-corrected chi connectivity index (χ3v) is 2.94. The smallest absolute Gasteiger partial charge is 0.114 e. The fourth-order valence-corrected chi connectivity index (χ4v) is 1.92. The van der Waals surface area contributed by atoms with Gasteiger partial charge in [-0.1, -0.05) is 34.6 Å². The van der Waals surface area contributed by atoms with E-state index >= 15 is 0 Å². The molecule has 0 atom stereocenters. The lowest BCUT2D eigenvalue weighted by molar-refractivity contribution is 0.286. The van der Waals surface area contributed by atoms with Gasteiger partial charge in [-0.2, -0.15) is 0 Å². The summed E-state index contributed by atoms with van der Waals surface area (Å²) in [5.41, 5.74) is 0.132. The Morgan fingerprint density at radius 1 is 1.25 bits per heavy atom. The van der Waals surface area contributed by atoms with Gasteiger partial charge in [-0.05, 0) is 13.1 Å². The Morgan fingerprint density at radius 3 is 2.38 bits per heavy atom. The van der Waals surface area contributed by atoms with Gasteiger partial charge in [0.25, 0.3) is 0 Å². The largest absolute Gasteiger partial charge is 0.333 e. The zero-order valence-corrected chi connectivity index (χ0v) is 11.3. The van der Waals surface area contributed by atoms with Crippen LogP contribution in [0.4, 0.5) is 0 Å². The van der Waals surface area contributed by atoms with Gasteiger partial charge < -0.3 is 9.47 Å². The van der Waals surface area contributed by atoms with Crippen molar-refractivity contribution in [3.63, 3.8) is 0 Å². The monoisotopic (exact) mass is 223 g/mol. The van der Waals surface area contributed by atoms with Crippen LogP contribution in [0.1, 0.15) is 40.4 Å². The number of likely N-dealkylation sites (N-methyl/N-ethyl adjacent to an activating group) is 1. The molecule has 16 heavy (non-hydrogen) atoms. The van der Waals surface area contributed by atoms with Gasteiger partial charge in [0, 0.05) is 30.9 Å². The SMILES string of the molecule is CCN(CC)CCn1ccnc1C(C)(C)C. The van der Waals surface area contributed by atoms with Crippen molar-refractivity contribution >= 4 is 0 Å². The molecule has 0 aliphatic carbocycles. The maximum Gasteiger partial charge on any atom is 0.114 e. The molecule has 0 unspecified atom stereocenters. The van der Waals surface area contributed by atoms with E-state index in [0.717, 1.165) is 26.2 Å². The fraction of sp³-hybridized carbons (Fsp3) is 0.769. The predicted molar refractivity (Wildman–Crippen MR) is 68.7 cm³/mol. The highest BCUT2D eigenvalue weighted by Crippen LogP contribution is 2.19. The summed E-state index contributed by atoms with van der Waals surface area (Å²) in [7, 11) is 0. The summed E-state index contributed by atoms with van der Waals surface area (Å²) in [5, 5.41) is 0. The first kappa shape index (κ1) is 13.2. The average molecular weight is 223 g/mol. The van der Waals surface area contributed by atoms with Gasteiger partial charge in [-0.15, -0.1) is 0 Å². The van der Waals surface area contributed by atoms with Crippen molar-refractivity contribution < 1.29 is 0 Å². The van der Waals surface area contributed by atoms with Crippen LogP contribution in [0, 0.1) is 0 Å². The van der Waals surface area contributed by atoms with E-state index in [0.29, 0.717) is 0 Å². The summed E-state index contributed by atoms with van der Waals surface area (Å²) < 4.78 is 2.28. The van der Waals surface area contributed by atoms with Crippen molar-refractivity contribution in [2.75, 3.05) is 19.6 Å². The maximum absolute atomic E-state index is 4.46. The lowest BCUT2D eigenvalue weighted by Gasteiger charge is -2.22. The highest BCUT2D eigenvalue weighted by atomic mass is 15.2. The Hall–Kier alpha value is -0.830. The standard InChI is InChI=1S/C13H25N3/c1-6-15(7-2)10-11-16-9-8-14-12(16)13(3,4)5/h8-9H,6-7,10-11H2,1-5H3. The molecule has 1 aromatic rings. The van der Waals surface area contributed by atoms with E-state index in [1.165, 1.54) is 5.82 Å². The first-order chi connectivity index (χ1) is 7.49. The fourth-order valence-electron chi connectivity index (χ4n) is 1.92. The summed E-state index contributed by atoms with van der Waals surface area (Å²) in [6.45, 7) is 15.4. The quantitative estimate of drug-likeness (QED) is 0.765. The normalized spacial score (nSPS) is 12.4. The van der Waals surface area contributed by atoms with Gasteiger partial charge in [-0.3, -0.25) is 0 Å². The Balaban J connectivity index is 2.64. The molecule has 3 nitrogen and oxygen atoms in total. The molecule has 1 heterocycles. The summed E-state index contributed by atoms with van der Waals surface area (Å²) in [6.07, 6.45) is 3.99. The summed E-state index contributed by atoms with van der Waals surface area (Å²) in [5.74, 6) is 1.18. The highest BCUT2D eigenvalue weighted by Gasteiger charge is 2.19. The number of nitrogens with zero attached hydrogens (tertiary/aromatic N) is 3. The van der Waals surface area contributed by atoms with Crippen LogP contribution in [-0.2, 0) is 12.0 Å². The second kappa shape index (κ2) is 5.48. The number of aromatic nitrogens is 2. The van der Waals surface area contributed by atoms with E-state index in [1.54, 1.807) is 0 Å². The van der Waals surface area contributed by atoms with Crippen molar-refractivity contribution in [2.45, 2.75) is 46.6 Å². The molecule has 0 amide bonds. The molecular weight excluding hydrogens is 198 g/mol. The summed E-state index contributed by atoms with van der Waals surface area (Å²) >= 11 is 0. The molecule has 0 bridgehead atoms. The molecule has 0 fully saturated rings. The van der Waals surface area contributed by atoms with Gasteiger partial charge >= 0.3 is 0 Å². The average Bonchev–Trinajstić information content (AvgIpc) is 2.67. The predicted octanol–water partition coefficient (Wildman–Crippen LogP) is 2.52. The van der Waals surface area contributed by atoms with E-state index in [9.17, 15) is 0 Å². The van der Waals surface area contributed by atoms with E-state index in [-0.39, 0.29) is 5.41 Å². The number of rotatable bonds is 5. The minimum atomic E-state index is 0.132. The van der Waals surface area contributed by atoms with Crippen LogP contribution in [0.5, 0.6) is 0 Å². The zero-order valence-electron chi connectivity index (χ0n) is 11.3. The molecule has 0 aromatic carbocycles. The molecule has 3 heteroatoms. The minimum absolute atomic E-state index is 0.132. The Morgan fingerprint density at radius 2 is 1.88 bits per heavy atom. The molecule has 1 rings (SSSR count). The van der Waals surface area contributed by atoms with Crippen molar-refractivity contribution in [3.8, 4) is 0 Å². The molecule has 1 aromatic heterocycles. The van der Waals surface area contributed by atoms with Gasteiger partial charge in [0.2, 0.25) is 0 Å². The van der Waals surface area contributed by atoms with Gasteiger partial charge in [0.1, 0.15) is 5.82 Å². The third kappa shape index (κ3) is 3.34. The number of hydrogen-bond donors (Lipinski definition) is 0. The first-order valence-electron chi connectivity index (χ1n) is 6.23. The minimum Gasteiger partial charge on any atom is -0.333 e. The van der Waals surface area contributed by atoms with Crippen LogP contribution >= 0.6 is 0 Å². The lowest BCUT2D eigenvalue weighted by atomic mass is 9.96. The first-order valence-corrected chi connectivity index (χ1v) is 6.23. The van der Waals surface area contributed by atoms with Crippen molar-refractivity contribution in [3.05, 3.63) is 18.2 Å². The van der Waals surface area contributed by atoms with Crippen LogP contribution in [0.2, 0.25) is 0 Å². The van der Waals surface area contributed by atoms with Crippen LogP contribution in [0.15, 0.2) is 12.4 Å². The van der Waals surface area contributed by atoms with E-state index < -0.39 is 0 Å². The van der Waals surface area contributed by atoms with Gasteiger partial charge in [0.15, 0.2) is 0 Å². The Bertz CT molecular complexity index is 305. The molecule has 0 saturated carbocycles. The zero-order chi connectivity index (χ0) is 12.2. The highest BCUT2D eigenvalue weighted by molar-refractivity contribution is 5.04. The molecule has 0 aliphatic heterocycles. The molecular formula is C13H25N3. The third-order valence-electron chi connectivity index (χ3n) is 2.94. The van der Waals surface area contributed by atoms with E-state index in [4.69, 9.17) is 0 Å². The van der Waals surface area contributed by atoms with Crippen LogP contribution in [-0.4, -0.2) is 34.1 Å². The molecule has 0 aliphatic rings. The molecule has 0 N–H and O–H groups in total. The molecule has 0 spiro atoms. The lowest BCUT2D eigenvalue weighted by Crippen LogP contribution is -2.28.